The summed E-state index contributed by atoms with van der Waals surface area (Å²) in [6.45, 7) is 0. The third kappa shape index (κ3) is 11.8. The van der Waals surface area contributed by atoms with Crippen LogP contribution >= 0.6 is 34.3 Å². The number of rotatable bonds is 7. The lowest BCUT2D eigenvalue weighted by Crippen LogP contribution is -2.02. The predicted octanol–water partition coefficient (Wildman–Crippen LogP) is 33.7. The normalized spacial score (nSPS) is 12.4. The molecule has 2 aliphatic rings. The molecule has 0 fully saturated rings. The number of para-hydroxylation sites is 2. The molecule has 9 nitrogen and oxygen atoms in total. The molecule has 19 aromatic carbocycles. The van der Waals surface area contributed by atoms with Crippen LogP contribution in [0.2, 0.25) is 5.28 Å². The van der Waals surface area contributed by atoms with Gasteiger partial charge in [-0.25, -0.2) is 19.9 Å². The van der Waals surface area contributed by atoms with E-state index in [2.05, 4.69) is 382 Å². The number of furan rings is 2. The lowest BCUT2D eigenvalue weighted by molar-refractivity contribution is 0.667. The van der Waals surface area contributed by atoms with Crippen molar-refractivity contribution in [3.05, 3.63) is 428 Å². The van der Waals surface area contributed by atoms with Gasteiger partial charge in [0.1, 0.15) is 34.5 Å². The largest absolute Gasteiger partial charge is 0.455 e. The highest BCUT2D eigenvalue weighted by Gasteiger charge is 2.29. The van der Waals surface area contributed by atoms with Crippen molar-refractivity contribution in [1.29, 1.82) is 0 Å². The van der Waals surface area contributed by atoms with Crippen molar-refractivity contribution < 1.29 is 8.83 Å². The third-order valence-corrected chi connectivity index (χ3v) is 29.8. The van der Waals surface area contributed by atoms with Crippen LogP contribution in [0.25, 0.3) is 268 Å². The lowest BCUT2D eigenvalue weighted by Gasteiger charge is -2.10. The van der Waals surface area contributed by atoms with Crippen LogP contribution in [0.1, 0.15) is 22.3 Å². The summed E-state index contributed by atoms with van der Waals surface area (Å²) < 4.78 is 25.0. The molecule has 9 aromatic heterocycles. The molecule has 0 saturated heterocycles. The minimum absolute atomic E-state index is 0.292. The number of hydrogen-bond acceptors (Lipinski definition) is 8. The number of benzene rings is 19. The summed E-state index contributed by atoms with van der Waals surface area (Å²) in [5.41, 5.74) is 31.0. The van der Waals surface area contributed by atoms with E-state index in [9.17, 15) is 0 Å². The maximum atomic E-state index is 6.85. The lowest BCUT2D eigenvalue weighted by atomic mass is 9.96. The summed E-state index contributed by atoms with van der Waals surface area (Å²) >= 11 is 9.57. The summed E-state index contributed by atoms with van der Waals surface area (Å²) in [4.78, 5) is 19.8. The fraction of sp³-hybridized carbons (Fsp3) is 0.00826. The number of halogens is 1. The Morgan fingerprint density at radius 3 is 1.38 bits per heavy atom. The summed E-state index contributed by atoms with van der Waals surface area (Å²) in [6, 6.07) is 140. The van der Waals surface area contributed by atoms with Gasteiger partial charge in [-0.1, -0.05) is 255 Å². The van der Waals surface area contributed by atoms with E-state index in [4.69, 9.17) is 30.4 Å². The minimum Gasteiger partial charge on any atom is -0.455 e. The zero-order valence-corrected chi connectivity index (χ0v) is 73.4. The molecular formula is C121H69ClN7O2S2+. The van der Waals surface area contributed by atoms with E-state index >= 15 is 0 Å². The Morgan fingerprint density at radius 1 is 0.301 bits per heavy atom. The number of aromatic nitrogens is 7. The Hall–Kier alpha value is -16.8. The second-order valence-corrected chi connectivity index (χ2v) is 37.1. The molecule has 2 aliphatic carbocycles. The topological polar surface area (TPSA) is 92.6 Å². The maximum absolute atomic E-state index is 6.85. The maximum Gasteiger partial charge on any atom is 0.235 e. The van der Waals surface area contributed by atoms with Gasteiger partial charge in [-0.15, -0.1) is 22.7 Å². The van der Waals surface area contributed by atoms with Crippen molar-refractivity contribution in [3.63, 3.8) is 0 Å². The fourth-order valence-electron chi connectivity index (χ4n) is 21.2. The second kappa shape index (κ2) is 29.6. The van der Waals surface area contributed by atoms with Gasteiger partial charge in [0.15, 0.2) is 5.58 Å². The molecule has 0 spiro atoms. The van der Waals surface area contributed by atoms with Crippen molar-refractivity contribution in [1.82, 2.24) is 33.6 Å². The van der Waals surface area contributed by atoms with Gasteiger partial charge in [0, 0.05) is 120 Å². The van der Waals surface area contributed by atoms with Gasteiger partial charge in [0.25, 0.3) is 0 Å². The smallest absolute Gasteiger partial charge is 0.235 e. The molecule has 0 radical (unpaired) electrons. The van der Waals surface area contributed by atoms with E-state index in [0.29, 0.717) is 11.2 Å². The van der Waals surface area contributed by atoms with Crippen molar-refractivity contribution in [3.8, 4) is 73.2 Å². The van der Waals surface area contributed by atoms with Crippen LogP contribution in [0.5, 0.6) is 0 Å². The van der Waals surface area contributed by atoms with E-state index in [-0.39, 0.29) is 0 Å². The zero-order valence-electron chi connectivity index (χ0n) is 71.0. The van der Waals surface area contributed by atoms with Gasteiger partial charge in [0.05, 0.1) is 76.6 Å². The van der Waals surface area contributed by atoms with Gasteiger partial charge in [-0.05, 0) is 211 Å². The second-order valence-electron chi connectivity index (χ2n) is 34.6. The van der Waals surface area contributed by atoms with E-state index in [1.807, 2.05) is 54.6 Å². The molecule has 30 rings (SSSR count). The fourth-order valence-corrected chi connectivity index (χ4v) is 23.7. The van der Waals surface area contributed by atoms with Crippen molar-refractivity contribution >= 4 is 229 Å². The highest BCUT2D eigenvalue weighted by atomic mass is 35.5. The van der Waals surface area contributed by atoms with Crippen LogP contribution < -0.4 is 0 Å². The van der Waals surface area contributed by atoms with E-state index < -0.39 is 0 Å². The predicted molar refractivity (Wildman–Crippen MR) is 558 cm³/mol. The van der Waals surface area contributed by atoms with Crippen molar-refractivity contribution in [2.45, 2.75) is 6.42 Å². The van der Waals surface area contributed by atoms with Crippen molar-refractivity contribution in [2.24, 2.45) is 0 Å². The number of fused-ring (bicyclic) bond motifs is 32. The summed E-state index contributed by atoms with van der Waals surface area (Å²) in [5, 5.41) is 21.7. The number of thiophene rings is 2. The molecule has 0 aliphatic heterocycles. The molecule has 618 valence electrons. The molecule has 28 aromatic rings. The molecule has 0 saturated carbocycles. The number of allylic oxidation sites excluding steroid dienone is 2. The quantitative estimate of drug-likeness (QED) is 0.117. The first-order chi connectivity index (χ1) is 65.8. The average Bonchev–Trinajstić information content (AvgIpc) is 1.56. The molecule has 0 unspecified atom stereocenters. The SMILES string of the molecule is Clc1nc(-c2ccccc2)c2sc3ccccc3c2n1.[C+]1=Cc2ccc3c(oc4cc5c(cc43)-c3cc(-c4ccc6c(c4)c4c7ccccc7ccc4n6-c4ccccc4)ccc3C5)c2C=C1.c1ccc(-c2nc(-n3c4ccc(-c5ccc6c(c5)c5c7ccccc7ccc5n6-c5ccccc5)cc4c4cc5c(cc43)oc3c4ccccc4ccc53)nc3c2sc2ccccc23)cc1. The van der Waals surface area contributed by atoms with Crippen LogP contribution in [0.15, 0.2) is 403 Å². The Morgan fingerprint density at radius 2 is 0.759 bits per heavy atom. The minimum atomic E-state index is 0.292. The highest BCUT2D eigenvalue weighted by Crippen LogP contribution is 2.50. The monoisotopic (exact) mass is 1750 g/mol. The Bertz CT molecular complexity index is 9910. The Balaban J connectivity index is 0.000000114. The molecule has 0 bridgehead atoms. The van der Waals surface area contributed by atoms with E-state index in [0.717, 1.165) is 154 Å². The zero-order chi connectivity index (χ0) is 87.2. The number of hydrogen-bond donors (Lipinski definition) is 0. The number of nitrogens with zero attached hydrogens (tertiary/aromatic N) is 7. The van der Waals surface area contributed by atoms with Crippen molar-refractivity contribution in [2.75, 3.05) is 0 Å². The third-order valence-electron chi connectivity index (χ3n) is 27.3. The van der Waals surface area contributed by atoms with Gasteiger partial charge in [-0.3, -0.25) is 4.57 Å². The summed E-state index contributed by atoms with van der Waals surface area (Å²) in [6.07, 6.45) is 10.2. The van der Waals surface area contributed by atoms with Gasteiger partial charge >= 0.3 is 0 Å². The molecule has 133 heavy (non-hydrogen) atoms. The van der Waals surface area contributed by atoms with E-state index in [1.54, 1.807) is 22.7 Å². The standard InChI is InChI=1S/C60H34N4OS.C45H26NO.C16H9ClN2S/c1-3-15-37(16-4-1)56-59-57(44-21-11-12-22-54(44)66-59)62-60(61-56)64-49-28-25-38(31-45(49)46-33-47-43-27-23-36-14-8-10-20-42(36)58(43)65-53(47)34-52(46)64)39-26-29-50-48(32-39)55-41-19-9-7-13-35(41)24-30-51(55)63(50)40-17-5-2-6-18-40;1-2-10-33(11-3-1)46-41-20-18-30(24-40(41)44-34-12-6-4-8-27(34)17-21-42(44)46)29-14-15-31-22-32-25-43-39(26-38(32)37(31)23-29)36-19-16-28-9-5-7-13-35(28)45(36)47-43;17-16-18-13(10-6-2-1-3-7-10)15-14(19-16)11-8-4-5-9-12(11)20-15/h1-34H;1-4,6-21,23-26H,22H2;1-9H/q;+1;. The van der Waals surface area contributed by atoms with Crippen LogP contribution in [0.4, 0.5) is 0 Å². The van der Waals surface area contributed by atoms with Gasteiger partial charge < -0.3 is 18.0 Å². The van der Waals surface area contributed by atoms with Gasteiger partial charge in [-0.2, -0.15) is 0 Å². The molecule has 9 heterocycles. The van der Waals surface area contributed by atoms with Crippen LogP contribution in [0.3, 0.4) is 0 Å². The van der Waals surface area contributed by atoms with Crippen LogP contribution in [0, 0.1) is 6.08 Å². The molecule has 0 N–H and O–H groups in total. The summed E-state index contributed by atoms with van der Waals surface area (Å²) in [5.74, 6) is 0.626. The molecule has 0 amide bonds. The first-order valence-corrected chi connectivity index (χ1v) is 46.8. The first-order valence-electron chi connectivity index (χ1n) is 44.8. The first kappa shape index (κ1) is 75.2. The van der Waals surface area contributed by atoms with Crippen LogP contribution in [-0.4, -0.2) is 33.6 Å². The van der Waals surface area contributed by atoms with E-state index in [1.165, 1.54) is 124 Å². The summed E-state index contributed by atoms with van der Waals surface area (Å²) in [7, 11) is 0. The highest BCUT2D eigenvalue weighted by molar-refractivity contribution is 7.26. The molecule has 0 atom stereocenters. The Labute approximate surface area is 772 Å². The average molecular weight is 1750 g/mol. The molecular weight excluding hydrogens is 1680 g/mol. The Kier molecular flexibility index (Phi) is 16.8. The molecule has 12 heteroatoms. The van der Waals surface area contributed by atoms with Gasteiger partial charge in [0.2, 0.25) is 11.2 Å². The van der Waals surface area contributed by atoms with Crippen LogP contribution in [-0.2, 0) is 6.42 Å².